The molecule has 1 radical (unpaired) electrons. The Balaban J connectivity index is 1.61. The van der Waals surface area contributed by atoms with Crippen LogP contribution >= 0.6 is 0 Å². The van der Waals surface area contributed by atoms with Crippen molar-refractivity contribution in [3.8, 4) is 5.75 Å². The van der Waals surface area contributed by atoms with Crippen LogP contribution in [0.15, 0.2) is 54.6 Å². The molecule has 3 amide bonds. The molecule has 0 aromatic heterocycles. The molecule has 193 valence electrons. The Morgan fingerprint density at radius 3 is 2.28 bits per heavy atom. The lowest BCUT2D eigenvalue weighted by Gasteiger charge is -2.23. The Bertz CT molecular complexity index is 970. The van der Waals surface area contributed by atoms with Gasteiger partial charge in [-0.3, -0.25) is 14.4 Å². The first-order chi connectivity index (χ1) is 17.4. The van der Waals surface area contributed by atoms with Gasteiger partial charge in [0.2, 0.25) is 17.7 Å². The fourth-order valence-corrected chi connectivity index (χ4v) is 4.26. The zero-order valence-corrected chi connectivity index (χ0v) is 21.1. The molecule has 1 saturated carbocycles. The summed E-state index contributed by atoms with van der Waals surface area (Å²) >= 11 is 0. The molecule has 1 aliphatic carbocycles. The summed E-state index contributed by atoms with van der Waals surface area (Å²) in [6.07, 6.45) is 8.48. The molecule has 36 heavy (non-hydrogen) atoms. The van der Waals surface area contributed by atoms with E-state index in [1.54, 1.807) is 6.92 Å². The van der Waals surface area contributed by atoms with Gasteiger partial charge in [-0.15, -0.1) is 0 Å². The number of amides is 3. The van der Waals surface area contributed by atoms with Crippen LogP contribution in [0, 0.1) is 12.3 Å². The third kappa shape index (κ3) is 9.36. The molecule has 3 rings (SSSR count). The molecule has 2 atom stereocenters. The van der Waals surface area contributed by atoms with Crippen LogP contribution in [0.4, 0.5) is 0 Å². The van der Waals surface area contributed by atoms with Crippen LogP contribution in [0.5, 0.6) is 5.75 Å². The van der Waals surface area contributed by atoms with Gasteiger partial charge in [-0.25, -0.2) is 0 Å². The lowest BCUT2D eigenvalue weighted by atomic mass is 10.0. The lowest BCUT2D eigenvalue weighted by molar-refractivity contribution is -0.128. The topological polar surface area (TPSA) is 111 Å². The van der Waals surface area contributed by atoms with Gasteiger partial charge in [-0.2, -0.15) is 0 Å². The van der Waals surface area contributed by atoms with Gasteiger partial charge in [0, 0.05) is 18.4 Å². The Morgan fingerprint density at radius 2 is 1.64 bits per heavy atom. The van der Waals surface area contributed by atoms with Crippen molar-refractivity contribution >= 4 is 17.7 Å². The maximum atomic E-state index is 13.2. The number of rotatable bonds is 12. The van der Waals surface area contributed by atoms with Gasteiger partial charge in [-0.05, 0) is 42.5 Å². The van der Waals surface area contributed by atoms with Crippen LogP contribution in [-0.4, -0.2) is 29.8 Å². The summed E-state index contributed by atoms with van der Waals surface area (Å²) < 4.78 is 5.86. The molecular weight excluding hydrogens is 454 g/mol. The monoisotopic (exact) mass is 492 g/mol. The minimum absolute atomic E-state index is 0.132. The maximum Gasteiger partial charge on any atom is 0.243 e. The molecule has 4 N–H and O–H groups in total. The fraction of sp³-hybridized carbons (Fsp3) is 0.448. The van der Waals surface area contributed by atoms with E-state index in [4.69, 9.17) is 10.5 Å². The Labute approximate surface area is 214 Å². The molecule has 7 heteroatoms. The van der Waals surface area contributed by atoms with Crippen molar-refractivity contribution in [2.24, 2.45) is 11.7 Å². The Morgan fingerprint density at radius 1 is 0.972 bits per heavy atom. The number of hydrogen-bond acceptors (Lipinski definition) is 4. The SMILES string of the molecule is CC(C[CH]C(=O)NC(Cc1ccc(OCc2ccccc2)cc1)C(=O)NC1CCCCCC1)C(N)=O. The van der Waals surface area contributed by atoms with Crippen LogP contribution in [0.2, 0.25) is 0 Å². The van der Waals surface area contributed by atoms with Gasteiger partial charge in [-0.1, -0.05) is 75.1 Å². The average molecular weight is 493 g/mol. The first kappa shape index (κ1) is 27.2. The zero-order valence-electron chi connectivity index (χ0n) is 21.1. The van der Waals surface area contributed by atoms with Crippen LogP contribution in [0.1, 0.15) is 63.0 Å². The van der Waals surface area contributed by atoms with Crippen molar-refractivity contribution in [2.75, 3.05) is 0 Å². The number of primary amides is 1. The highest BCUT2D eigenvalue weighted by Crippen LogP contribution is 2.19. The van der Waals surface area contributed by atoms with Crippen molar-refractivity contribution in [3.05, 3.63) is 72.1 Å². The van der Waals surface area contributed by atoms with Crippen LogP contribution in [0.3, 0.4) is 0 Å². The number of carbonyl (C=O) groups is 3. The van der Waals surface area contributed by atoms with Gasteiger partial charge in [0.05, 0.1) is 6.42 Å². The predicted octanol–water partition coefficient (Wildman–Crippen LogP) is 3.85. The van der Waals surface area contributed by atoms with Crippen molar-refractivity contribution in [3.63, 3.8) is 0 Å². The molecule has 0 saturated heterocycles. The van der Waals surface area contributed by atoms with E-state index in [0.717, 1.165) is 42.6 Å². The summed E-state index contributed by atoms with van der Waals surface area (Å²) in [4.78, 5) is 37.1. The third-order valence-electron chi connectivity index (χ3n) is 6.59. The largest absolute Gasteiger partial charge is 0.489 e. The summed E-state index contributed by atoms with van der Waals surface area (Å²) in [5, 5.41) is 5.99. The molecule has 7 nitrogen and oxygen atoms in total. The van der Waals surface area contributed by atoms with Gasteiger partial charge in [0.15, 0.2) is 0 Å². The molecule has 0 spiro atoms. The first-order valence-electron chi connectivity index (χ1n) is 12.9. The number of hydrogen-bond donors (Lipinski definition) is 3. The molecule has 1 aliphatic rings. The molecule has 0 bridgehead atoms. The minimum Gasteiger partial charge on any atom is -0.489 e. The van der Waals surface area contributed by atoms with Crippen molar-refractivity contribution in [1.82, 2.24) is 10.6 Å². The molecule has 2 unspecified atom stereocenters. The van der Waals surface area contributed by atoms with Crippen LogP contribution < -0.4 is 21.1 Å². The second-order valence-corrected chi connectivity index (χ2v) is 9.62. The molecular formula is C29H38N3O4. The summed E-state index contributed by atoms with van der Waals surface area (Å²) in [6, 6.07) is 16.9. The van der Waals surface area contributed by atoms with E-state index >= 15 is 0 Å². The predicted molar refractivity (Wildman–Crippen MR) is 140 cm³/mol. The number of ether oxygens (including phenoxy) is 1. The molecule has 2 aromatic carbocycles. The normalized spacial score (nSPS) is 15.8. The maximum absolute atomic E-state index is 13.2. The minimum atomic E-state index is -0.725. The molecule has 1 fully saturated rings. The second-order valence-electron chi connectivity index (χ2n) is 9.62. The summed E-state index contributed by atoms with van der Waals surface area (Å²) in [5.74, 6) is -0.739. The van der Waals surface area contributed by atoms with E-state index < -0.39 is 17.9 Å². The third-order valence-corrected chi connectivity index (χ3v) is 6.59. The summed E-state index contributed by atoms with van der Waals surface area (Å²) in [5.41, 5.74) is 7.29. The average Bonchev–Trinajstić information content (AvgIpc) is 3.15. The smallest absolute Gasteiger partial charge is 0.243 e. The van der Waals surface area contributed by atoms with E-state index in [1.165, 1.54) is 19.3 Å². The first-order valence-corrected chi connectivity index (χ1v) is 12.9. The van der Waals surface area contributed by atoms with Crippen molar-refractivity contribution in [2.45, 2.75) is 77.0 Å². The van der Waals surface area contributed by atoms with Gasteiger partial charge in [0.1, 0.15) is 18.4 Å². The fourth-order valence-electron chi connectivity index (χ4n) is 4.26. The summed E-state index contributed by atoms with van der Waals surface area (Å²) in [7, 11) is 0. The van der Waals surface area contributed by atoms with Crippen LogP contribution in [-0.2, 0) is 27.4 Å². The summed E-state index contributed by atoms with van der Waals surface area (Å²) in [6.45, 7) is 2.14. The van der Waals surface area contributed by atoms with E-state index in [9.17, 15) is 14.4 Å². The Kier molecular flexibility index (Phi) is 10.8. The molecule has 0 heterocycles. The van der Waals surface area contributed by atoms with Gasteiger partial charge >= 0.3 is 0 Å². The van der Waals surface area contributed by atoms with E-state index in [1.807, 2.05) is 54.6 Å². The second kappa shape index (κ2) is 14.3. The quantitative estimate of drug-likeness (QED) is 0.391. The van der Waals surface area contributed by atoms with Gasteiger partial charge < -0.3 is 21.1 Å². The van der Waals surface area contributed by atoms with E-state index in [0.29, 0.717) is 13.0 Å². The van der Waals surface area contributed by atoms with E-state index in [2.05, 4.69) is 10.6 Å². The highest BCUT2D eigenvalue weighted by atomic mass is 16.5. The Hall–Kier alpha value is -3.35. The number of carbonyl (C=O) groups excluding carboxylic acids is 3. The highest BCUT2D eigenvalue weighted by molar-refractivity contribution is 5.92. The number of nitrogens with one attached hydrogen (secondary N) is 2. The van der Waals surface area contributed by atoms with Gasteiger partial charge in [0.25, 0.3) is 0 Å². The van der Waals surface area contributed by atoms with Crippen molar-refractivity contribution < 1.29 is 19.1 Å². The molecule has 0 aliphatic heterocycles. The lowest BCUT2D eigenvalue weighted by Crippen LogP contribution is -2.50. The van der Waals surface area contributed by atoms with E-state index in [-0.39, 0.29) is 24.3 Å². The highest BCUT2D eigenvalue weighted by Gasteiger charge is 2.25. The molecule has 2 aromatic rings. The van der Waals surface area contributed by atoms with Crippen LogP contribution in [0.25, 0.3) is 0 Å². The zero-order chi connectivity index (χ0) is 25.8. The number of nitrogens with two attached hydrogens (primary N) is 1. The van der Waals surface area contributed by atoms with Crippen molar-refractivity contribution in [1.29, 1.82) is 0 Å². The number of benzene rings is 2. The standard InChI is InChI=1S/C29H38N3O4/c1-21(28(30)34)13-18-27(33)32-26(29(35)31-24-11-7-2-3-8-12-24)19-22-14-16-25(17-15-22)36-20-23-9-5-4-6-10-23/h4-6,9-10,14-18,21,24,26H,2-3,7-8,11-13,19-20H2,1H3,(H2,30,34)(H,31,35)(H,32,33).